The second-order valence-corrected chi connectivity index (χ2v) is 8.47. The minimum Gasteiger partial charge on any atom is -0.342 e. The quantitative estimate of drug-likeness (QED) is 0.884. The van der Waals surface area contributed by atoms with E-state index >= 15 is 0 Å². The fraction of sp³-hybridized carbons (Fsp3) is 0.524. The van der Waals surface area contributed by atoms with Gasteiger partial charge in [0.25, 0.3) is 5.91 Å². The van der Waals surface area contributed by atoms with Crippen LogP contribution in [0.4, 0.5) is 0 Å². The summed E-state index contributed by atoms with van der Waals surface area (Å²) in [4.78, 5) is 34.2. The minimum absolute atomic E-state index is 0.00751. The molecule has 0 unspecified atom stereocenters. The lowest BCUT2D eigenvalue weighted by molar-refractivity contribution is -0.145. The fourth-order valence-electron chi connectivity index (χ4n) is 4.66. The van der Waals surface area contributed by atoms with Gasteiger partial charge in [0.05, 0.1) is 5.41 Å². The van der Waals surface area contributed by atoms with E-state index in [1.54, 1.807) is 0 Å². The highest BCUT2D eigenvalue weighted by Gasteiger charge is 2.49. The molecule has 2 aromatic rings. The third-order valence-electron chi connectivity index (χ3n) is 6.46. The molecule has 3 fully saturated rings. The maximum Gasteiger partial charge on any atom is 0.253 e. The summed E-state index contributed by atoms with van der Waals surface area (Å²) in [6.07, 6.45) is 6.71. The van der Waals surface area contributed by atoms with E-state index in [0.717, 1.165) is 37.9 Å². The second kappa shape index (κ2) is 6.72. The molecule has 1 atom stereocenters. The first-order chi connectivity index (χ1) is 13.6. The van der Waals surface area contributed by atoms with Crippen molar-refractivity contribution in [1.82, 2.24) is 25.0 Å². The first-order valence-electron chi connectivity index (χ1n) is 10.2. The number of nitrogens with one attached hydrogen (secondary N) is 1. The van der Waals surface area contributed by atoms with E-state index < -0.39 is 0 Å². The van der Waals surface area contributed by atoms with E-state index in [1.807, 2.05) is 29.2 Å². The minimum atomic E-state index is -0.359. The molecule has 5 rings (SSSR count). The van der Waals surface area contributed by atoms with Crippen LogP contribution < -0.4 is 0 Å². The number of aromatic amines is 1. The van der Waals surface area contributed by atoms with Gasteiger partial charge in [0, 0.05) is 37.3 Å². The van der Waals surface area contributed by atoms with E-state index in [4.69, 9.17) is 0 Å². The van der Waals surface area contributed by atoms with Gasteiger partial charge in [0.15, 0.2) is 5.82 Å². The molecule has 2 aliphatic heterocycles. The van der Waals surface area contributed by atoms with Crippen molar-refractivity contribution >= 4 is 11.8 Å². The predicted octanol–water partition coefficient (Wildman–Crippen LogP) is 2.34. The molecule has 1 aromatic heterocycles. The summed E-state index contributed by atoms with van der Waals surface area (Å²) in [6, 6.07) is 7.41. The number of piperidine rings is 1. The lowest BCUT2D eigenvalue weighted by Crippen LogP contribution is -2.50. The van der Waals surface area contributed by atoms with Gasteiger partial charge in [0.1, 0.15) is 6.33 Å². The lowest BCUT2D eigenvalue weighted by atomic mass is 9.78. The number of hydrogen-bond donors (Lipinski definition) is 1. The number of carbonyl (C=O) groups excluding carboxylic acids is 2. The third-order valence-corrected chi connectivity index (χ3v) is 6.46. The van der Waals surface area contributed by atoms with Crippen LogP contribution in [-0.4, -0.2) is 63.0 Å². The number of nitrogens with zero attached hydrogens (tertiary/aromatic N) is 4. The van der Waals surface area contributed by atoms with E-state index in [2.05, 4.69) is 20.1 Å². The molecule has 28 heavy (non-hydrogen) atoms. The van der Waals surface area contributed by atoms with Gasteiger partial charge < -0.3 is 9.80 Å². The van der Waals surface area contributed by atoms with Gasteiger partial charge in [-0.05, 0) is 50.2 Å². The Bertz CT molecular complexity index is 875. The molecule has 2 amide bonds. The van der Waals surface area contributed by atoms with Crippen LogP contribution in [-0.2, 0) is 4.79 Å². The molecule has 146 valence electrons. The van der Waals surface area contributed by atoms with E-state index in [0.29, 0.717) is 30.4 Å². The zero-order valence-corrected chi connectivity index (χ0v) is 15.9. The average molecular weight is 379 g/mol. The van der Waals surface area contributed by atoms with Gasteiger partial charge in [-0.25, -0.2) is 4.98 Å². The molecule has 1 aromatic carbocycles. The van der Waals surface area contributed by atoms with Crippen LogP contribution >= 0.6 is 0 Å². The van der Waals surface area contributed by atoms with Crippen molar-refractivity contribution in [2.45, 2.75) is 32.1 Å². The molecular formula is C21H25N5O2. The van der Waals surface area contributed by atoms with Gasteiger partial charge >= 0.3 is 0 Å². The Morgan fingerprint density at radius 1 is 1.18 bits per heavy atom. The number of amides is 2. The second-order valence-electron chi connectivity index (χ2n) is 8.47. The summed E-state index contributed by atoms with van der Waals surface area (Å²) in [6.45, 7) is 3.01. The summed E-state index contributed by atoms with van der Waals surface area (Å²) in [7, 11) is 0. The number of H-pyrrole nitrogens is 1. The van der Waals surface area contributed by atoms with Crippen LogP contribution in [0.25, 0.3) is 11.4 Å². The van der Waals surface area contributed by atoms with E-state index in [-0.39, 0.29) is 17.2 Å². The Hall–Kier alpha value is -2.70. The number of benzene rings is 1. The molecule has 0 bridgehead atoms. The van der Waals surface area contributed by atoms with Crippen molar-refractivity contribution in [3.05, 3.63) is 36.2 Å². The monoisotopic (exact) mass is 379 g/mol. The van der Waals surface area contributed by atoms with Crippen molar-refractivity contribution in [3.63, 3.8) is 0 Å². The topological polar surface area (TPSA) is 82.2 Å². The number of hydrogen-bond acceptors (Lipinski definition) is 4. The summed E-state index contributed by atoms with van der Waals surface area (Å²) in [5.41, 5.74) is 1.19. The average Bonchev–Trinajstić information content (AvgIpc) is 3.20. The van der Waals surface area contributed by atoms with Gasteiger partial charge in [-0.1, -0.05) is 12.1 Å². The van der Waals surface area contributed by atoms with Crippen molar-refractivity contribution in [2.75, 3.05) is 26.2 Å². The lowest BCUT2D eigenvalue weighted by Gasteiger charge is -2.39. The first kappa shape index (κ1) is 17.4. The normalized spacial score (nSPS) is 24.9. The van der Waals surface area contributed by atoms with Crippen LogP contribution in [0.3, 0.4) is 0 Å². The Morgan fingerprint density at radius 2 is 2.00 bits per heavy atom. The van der Waals surface area contributed by atoms with Crippen molar-refractivity contribution in [2.24, 2.45) is 11.3 Å². The molecule has 1 aliphatic carbocycles. The maximum absolute atomic E-state index is 13.2. The Labute approximate surface area is 164 Å². The molecule has 7 nitrogen and oxygen atoms in total. The summed E-state index contributed by atoms with van der Waals surface area (Å²) < 4.78 is 0. The first-order valence-corrected chi connectivity index (χ1v) is 10.2. The highest BCUT2D eigenvalue weighted by atomic mass is 16.2. The Kier molecular flexibility index (Phi) is 4.18. The van der Waals surface area contributed by atoms with Gasteiger partial charge in [0.2, 0.25) is 5.91 Å². The fourth-order valence-corrected chi connectivity index (χ4v) is 4.66. The summed E-state index contributed by atoms with van der Waals surface area (Å²) >= 11 is 0. The highest BCUT2D eigenvalue weighted by molar-refractivity contribution is 5.96. The maximum atomic E-state index is 13.2. The predicted molar refractivity (Wildman–Crippen MR) is 103 cm³/mol. The van der Waals surface area contributed by atoms with Gasteiger partial charge in [-0.15, -0.1) is 0 Å². The molecule has 3 aliphatic rings. The Morgan fingerprint density at radius 3 is 2.71 bits per heavy atom. The van der Waals surface area contributed by atoms with Crippen molar-refractivity contribution < 1.29 is 9.59 Å². The molecule has 1 spiro atoms. The third kappa shape index (κ3) is 3.08. The summed E-state index contributed by atoms with van der Waals surface area (Å²) in [5.74, 6) is 1.68. The summed E-state index contributed by atoms with van der Waals surface area (Å²) in [5, 5.41) is 6.68. The van der Waals surface area contributed by atoms with E-state index in [9.17, 15) is 9.59 Å². The van der Waals surface area contributed by atoms with Crippen LogP contribution in [0.15, 0.2) is 30.6 Å². The number of rotatable bonds is 4. The van der Waals surface area contributed by atoms with E-state index in [1.165, 1.54) is 19.2 Å². The highest BCUT2D eigenvalue weighted by Crippen LogP contribution is 2.42. The Balaban J connectivity index is 1.28. The molecule has 7 heteroatoms. The van der Waals surface area contributed by atoms with Gasteiger partial charge in [-0.3, -0.25) is 14.7 Å². The number of likely N-dealkylation sites (tertiary alicyclic amines) is 2. The SMILES string of the molecule is O=C(c1ccc(-c2ncn[nH]2)cc1)N1CC[C@@]2(CCCN(CC3CC3)C2=O)C1. The largest absolute Gasteiger partial charge is 0.342 e. The molecule has 0 radical (unpaired) electrons. The number of carbonyl (C=O) groups is 2. The van der Waals surface area contributed by atoms with Crippen molar-refractivity contribution in [3.8, 4) is 11.4 Å². The zero-order chi connectivity index (χ0) is 19.1. The van der Waals surface area contributed by atoms with Crippen LogP contribution in [0, 0.1) is 11.3 Å². The smallest absolute Gasteiger partial charge is 0.253 e. The van der Waals surface area contributed by atoms with Gasteiger partial charge in [-0.2, -0.15) is 5.10 Å². The molecule has 3 heterocycles. The van der Waals surface area contributed by atoms with Crippen molar-refractivity contribution in [1.29, 1.82) is 0 Å². The van der Waals surface area contributed by atoms with Crippen LogP contribution in [0.2, 0.25) is 0 Å². The standard InChI is InChI=1S/C21H25N5O2/c27-19(17-6-4-16(5-7-17)18-22-14-23-24-18)26-11-9-21(13-26)8-1-10-25(20(21)28)12-15-2-3-15/h4-7,14-15H,1-3,8-13H2,(H,22,23,24)/t21-/m0/s1. The molecule has 1 N–H and O–H groups in total. The number of aromatic nitrogens is 3. The van der Waals surface area contributed by atoms with Crippen LogP contribution in [0.1, 0.15) is 42.5 Å². The molecular weight excluding hydrogens is 354 g/mol. The molecule has 2 saturated heterocycles. The molecule has 1 saturated carbocycles. The zero-order valence-electron chi connectivity index (χ0n) is 15.9. The van der Waals surface area contributed by atoms with Crippen LogP contribution in [0.5, 0.6) is 0 Å².